The summed E-state index contributed by atoms with van der Waals surface area (Å²) in [6.07, 6.45) is 11.8. The quantitative estimate of drug-likeness (QED) is 0.350. The third-order valence-corrected chi connectivity index (χ3v) is 6.36. The molecular weight excluding hydrogens is 415 g/mol. The zero-order valence-electron chi connectivity index (χ0n) is 15.8. The van der Waals surface area contributed by atoms with Gasteiger partial charge in [-0.25, -0.2) is 0 Å². The number of aromatic nitrogens is 3. The monoisotopic (exact) mass is 438 g/mol. The summed E-state index contributed by atoms with van der Waals surface area (Å²) in [5.41, 5.74) is 0.721. The second-order valence-electron chi connectivity index (χ2n) is 6.78. The standard InChI is InChI=1S/C20H24Cl2N4OS/c1-28-20-25-24-17(26(20)15-7-2-3-8-15)10-5-13-23-18(27)12-11-14-6-4-9-16(21)19(14)22/h4,6,9,11-12,15H,2-3,5,7-8,10,13H2,1H3,(H,23,27). The van der Waals surface area contributed by atoms with Gasteiger partial charge in [0.05, 0.1) is 10.0 Å². The third kappa shape index (κ3) is 5.31. The number of carbonyl (C=O) groups is 1. The van der Waals surface area contributed by atoms with Crippen molar-refractivity contribution in [2.75, 3.05) is 12.8 Å². The number of benzene rings is 1. The first kappa shape index (κ1) is 21.2. The Hall–Kier alpha value is -1.50. The maximum absolute atomic E-state index is 12.0. The molecule has 0 aliphatic heterocycles. The molecule has 0 saturated heterocycles. The Morgan fingerprint density at radius 2 is 2.11 bits per heavy atom. The van der Waals surface area contributed by atoms with Crippen LogP contribution in [0.3, 0.4) is 0 Å². The smallest absolute Gasteiger partial charge is 0.244 e. The van der Waals surface area contributed by atoms with Crippen LogP contribution in [0, 0.1) is 0 Å². The molecule has 3 rings (SSSR count). The molecule has 1 heterocycles. The fourth-order valence-electron chi connectivity index (χ4n) is 3.48. The van der Waals surface area contributed by atoms with Gasteiger partial charge in [0.1, 0.15) is 5.82 Å². The minimum Gasteiger partial charge on any atom is -0.353 e. The number of hydrogen-bond donors (Lipinski definition) is 1. The van der Waals surface area contributed by atoms with Gasteiger partial charge in [-0.2, -0.15) is 0 Å². The van der Waals surface area contributed by atoms with Crippen LogP contribution >= 0.6 is 35.0 Å². The highest BCUT2D eigenvalue weighted by molar-refractivity contribution is 7.98. The normalized spacial score (nSPS) is 14.8. The molecule has 8 heteroatoms. The molecule has 1 fully saturated rings. The Bertz CT molecular complexity index is 847. The second kappa shape index (κ2) is 10.3. The Kier molecular flexibility index (Phi) is 7.82. The fraction of sp³-hybridized carbons (Fsp3) is 0.450. The number of carbonyl (C=O) groups excluding carboxylic acids is 1. The summed E-state index contributed by atoms with van der Waals surface area (Å²) in [6.45, 7) is 0.582. The van der Waals surface area contributed by atoms with Crippen molar-refractivity contribution < 1.29 is 4.79 Å². The first-order chi connectivity index (χ1) is 13.6. The minimum absolute atomic E-state index is 0.155. The van der Waals surface area contributed by atoms with E-state index in [4.69, 9.17) is 23.2 Å². The van der Waals surface area contributed by atoms with E-state index in [9.17, 15) is 4.79 Å². The van der Waals surface area contributed by atoms with Gasteiger partial charge in [-0.15, -0.1) is 10.2 Å². The van der Waals surface area contributed by atoms with Crippen molar-refractivity contribution in [2.45, 2.75) is 49.7 Å². The van der Waals surface area contributed by atoms with E-state index in [1.807, 2.05) is 12.3 Å². The Morgan fingerprint density at radius 3 is 2.86 bits per heavy atom. The van der Waals surface area contributed by atoms with E-state index in [0.717, 1.165) is 29.4 Å². The van der Waals surface area contributed by atoms with E-state index in [1.165, 1.54) is 31.8 Å². The average molecular weight is 439 g/mol. The lowest BCUT2D eigenvalue weighted by Gasteiger charge is -2.16. The van der Waals surface area contributed by atoms with Crippen LogP contribution in [0.25, 0.3) is 6.08 Å². The van der Waals surface area contributed by atoms with Crippen LogP contribution in [0.1, 0.15) is 49.5 Å². The van der Waals surface area contributed by atoms with Crippen molar-refractivity contribution in [2.24, 2.45) is 0 Å². The maximum Gasteiger partial charge on any atom is 0.244 e. The number of nitrogens with one attached hydrogen (secondary N) is 1. The molecule has 1 aliphatic rings. The van der Waals surface area contributed by atoms with Crippen molar-refractivity contribution in [3.8, 4) is 0 Å². The summed E-state index contributed by atoms with van der Waals surface area (Å²) in [6, 6.07) is 5.85. The lowest BCUT2D eigenvalue weighted by Crippen LogP contribution is -2.23. The average Bonchev–Trinajstić information content (AvgIpc) is 3.35. The largest absolute Gasteiger partial charge is 0.353 e. The van der Waals surface area contributed by atoms with Crippen molar-refractivity contribution in [1.82, 2.24) is 20.1 Å². The molecule has 2 aromatic rings. The van der Waals surface area contributed by atoms with Gasteiger partial charge in [-0.05, 0) is 43.2 Å². The zero-order valence-corrected chi connectivity index (χ0v) is 18.2. The van der Waals surface area contributed by atoms with Crippen LogP contribution in [-0.4, -0.2) is 33.5 Å². The molecule has 0 atom stereocenters. The minimum atomic E-state index is -0.155. The Labute approximate surface area is 179 Å². The maximum atomic E-state index is 12.0. The molecule has 1 aromatic heterocycles. The van der Waals surface area contributed by atoms with E-state index >= 15 is 0 Å². The Morgan fingerprint density at radius 1 is 1.32 bits per heavy atom. The number of rotatable bonds is 8. The van der Waals surface area contributed by atoms with Crippen LogP contribution < -0.4 is 5.32 Å². The SMILES string of the molecule is CSc1nnc(CCCNC(=O)C=Cc2cccc(Cl)c2Cl)n1C1CCCC1. The second-order valence-corrected chi connectivity index (χ2v) is 8.34. The van der Waals surface area contributed by atoms with E-state index in [0.29, 0.717) is 22.6 Å². The highest BCUT2D eigenvalue weighted by Crippen LogP contribution is 2.33. The van der Waals surface area contributed by atoms with Crippen LogP contribution in [0.2, 0.25) is 10.0 Å². The first-order valence-electron chi connectivity index (χ1n) is 9.48. The predicted molar refractivity (Wildman–Crippen MR) is 116 cm³/mol. The summed E-state index contributed by atoms with van der Waals surface area (Å²) in [5, 5.41) is 13.5. The molecule has 0 bridgehead atoms. The lowest BCUT2D eigenvalue weighted by atomic mass is 10.2. The third-order valence-electron chi connectivity index (χ3n) is 4.88. The number of thioether (sulfide) groups is 1. The molecule has 0 unspecified atom stereocenters. The van der Waals surface area contributed by atoms with Crippen LogP contribution in [-0.2, 0) is 11.2 Å². The van der Waals surface area contributed by atoms with Gasteiger partial charge in [-0.1, -0.05) is 59.9 Å². The van der Waals surface area contributed by atoms with Crippen molar-refractivity contribution in [1.29, 1.82) is 0 Å². The van der Waals surface area contributed by atoms with Crippen LogP contribution in [0.15, 0.2) is 29.4 Å². The molecule has 1 aliphatic carbocycles. The first-order valence-corrected chi connectivity index (χ1v) is 11.5. The van der Waals surface area contributed by atoms with E-state index in [-0.39, 0.29) is 5.91 Å². The van der Waals surface area contributed by atoms with E-state index in [1.54, 1.807) is 30.0 Å². The van der Waals surface area contributed by atoms with Crippen LogP contribution in [0.5, 0.6) is 0 Å². The molecule has 150 valence electrons. The van der Waals surface area contributed by atoms with Crippen LogP contribution in [0.4, 0.5) is 0 Å². The molecule has 1 saturated carbocycles. The van der Waals surface area contributed by atoms with Crippen molar-refractivity contribution >= 4 is 46.9 Å². The van der Waals surface area contributed by atoms with Crippen molar-refractivity contribution in [3.05, 3.63) is 45.7 Å². The molecule has 5 nitrogen and oxygen atoms in total. The highest BCUT2D eigenvalue weighted by Gasteiger charge is 2.23. The number of hydrogen-bond acceptors (Lipinski definition) is 4. The van der Waals surface area contributed by atoms with Gasteiger partial charge in [0.25, 0.3) is 0 Å². The number of amides is 1. The molecule has 1 amide bonds. The molecule has 1 N–H and O–H groups in total. The molecular formula is C20H24Cl2N4OS. The van der Waals surface area contributed by atoms with Gasteiger partial charge in [0, 0.05) is 25.1 Å². The number of aryl methyl sites for hydroxylation is 1. The topological polar surface area (TPSA) is 59.8 Å². The zero-order chi connectivity index (χ0) is 19.9. The fourth-order valence-corrected chi connectivity index (χ4v) is 4.42. The highest BCUT2D eigenvalue weighted by atomic mass is 35.5. The predicted octanol–water partition coefficient (Wildman–Crippen LogP) is 5.18. The van der Waals surface area contributed by atoms with E-state index < -0.39 is 0 Å². The molecule has 0 radical (unpaired) electrons. The summed E-state index contributed by atoms with van der Waals surface area (Å²) in [4.78, 5) is 12.0. The number of nitrogens with zero attached hydrogens (tertiary/aromatic N) is 3. The lowest BCUT2D eigenvalue weighted by molar-refractivity contribution is -0.116. The van der Waals surface area contributed by atoms with E-state index in [2.05, 4.69) is 20.1 Å². The van der Waals surface area contributed by atoms with Gasteiger partial charge < -0.3 is 9.88 Å². The van der Waals surface area contributed by atoms with Gasteiger partial charge >= 0.3 is 0 Å². The van der Waals surface area contributed by atoms with Crippen molar-refractivity contribution in [3.63, 3.8) is 0 Å². The molecule has 0 spiro atoms. The summed E-state index contributed by atoms with van der Waals surface area (Å²) in [7, 11) is 0. The summed E-state index contributed by atoms with van der Waals surface area (Å²) >= 11 is 13.7. The van der Waals surface area contributed by atoms with Gasteiger partial charge in [-0.3, -0.25) is 4.79 Å². The summed E-state index contributed by atoms with van der Waals surface area (Å²) in [5.74, 6) is 0.866. The molecule has 28 heavy (non-hydrogen) atoms. The molecule has 1 aromatic carbocycles. The van der Waals surface area contributed by atoms with Gasteiger partial charge in [0.15, 0.2) is 5.16 Å². The summed E-state index contributed by atoms with van der Waals surface area (Å²) < 4.78 is 2.31. The number of halogens is 2. The van der Waals surface area contributed by atoms with Gasteiger partial charge in [0.2, 0.25) is 5.91 Å². The Balaban J connectivity index is 1.49.